The number of rotatable bonds is 4. The van der Waals surface area contributed by atoms with Crippen LogP contribution in [0.2, 0.25) is 0 Å². The van der Waals surface area contributed by atoms with E-state index in [2.05, 4.69) is 9.68 Å². The van der Waals surface area contributed by atoms with Gasteiger partial charge in [-0.3, -0.25) is 0 Å². The minimum atomic E-state index is -1.01. The summed E-state index contributed by atoms with van der Waals surface area (Å²) in [5, 5.41) is 12.6. The molecule has 0 unspecified atom stereocenters. The molecule has 0 atom stereocenters. The largest absolute Gasteiger partial charge is 0.488 e. The van der Waals surface area contributed by atoms with Gasteiger partial charge in [0.25, 0.3) is 0 Å². The van der Waals surface area contributed by atoms with Gasteiger partial charge in [0.05, 0.1) is 6.20 Å². The molecule has 1 aromatic heterocycles. The molecule has 88 valence electrons. The van der Waals surface area contributed by atoms with Crippen molar-refractivity contribution in [2.24, 2.45) is 0 Å². The predicted molar refractivity (Wildman–Crippen MR) is 59.0 cm³/mol. The van der Waals surface area contributed by atoms with E-state index in [1.165, 1.54) is 12.5 Å². The molecule has 1 heterocycles. The molecule has 1 N–H and O–H groups in total. The third kappa shape index (κ3) is 2.63. The Hall–Kier alpha value is -2.30. The normalized spacial score (nSPS) is 10.2. The minimum Gasteiger partial charge on any atom is -0.488 e. The molecule has 5 nitrogen and oxygen atoms in total. The summed E-state index contributed by atoms with van der Waals surface area (Å²) < 4.78 is 10.1. The summed E-state index contributed by atoms with van der Waals surface area (Å²) in [6, 6.07) is 5.02. The second kappa shape index (κ2) is 4.69. The lowest BCUT2D eigenvalue weighted by atomic mass is 10.1. The van der Waals surface area contributed by atoms with Gasteiger partial charge in [-0.15, -0.1) is 0 Å². The van der Waals surface area contributed by atoms with Gasteiger partial charge < -0.3 is 14.4 Å². The molecule has 1 aromatic carbocycles. The van der Waals surface area contributed by atoms with Crippen LogP contribution in [0.4, 0.5) is 0 Å². The second-order valence-electron chi connectivity index (χ2n) is 3.63. The zero-order valence-corrected chi connectivity index (χ0v) is 9.21. The third-order valence-corrected chi connectivity index (χ3v) is 2.24. The van der Waals surface area contributed by atoms with E-state index in [-0.39, 0.29) is 12.2 Å². The topological polar surface area (TPSA) is 72.6 Å². The molecule has 5 heteroatoms. The first-order chi connectivity index (χ1) is 8.16. The maximum absolute atomic E-state index is 11.0. The van der Waals surface area contributed by atoms with Crippen molar-refractivity contribution in [1.82, 2.24) is 5.16 Å². The summed E-state index contributed by atoms with van der Waals surface area (Å²) in [5.74, 6) is -0.668. The highest BCUT2D eigenvalue weighted by Crippen LogP contribution is 2.21. The monoisotopic (exact) mass is 233 g/mol. The third-order valence-electron chi connectivity index (χ3n) is 2.24. The lowest BCUT2D eigenvalue weighted by Crippen LogP contribution is -2.03. The number of ether oxygens (including phenoxy) is 1. The van der Waals surface area contributed by atoms with E-state index < -0.39 is 5.97 Å². The number of aromatic carboxylic acids is 1. The molecule has 17 heavy (non-hydrogen) atoms. The zero-order valence-electron chi connectivity index (χ0n) is 9.21. The Morgan fingerprint density at radius 3 is 3.00 bits per heavy atom. The average Bonchev–Trinajstić information content (AvgIpc) is 2.80. The van der Waals surface area contributed by atoms with Crippen LogP contribution in [-0.2, 0) is 6.61 Å². The van der Waals surface area contributed by atoms with Crippen LogP contribution in [0.5, 0.6) is 5.75 Å². The molecule has 0 bridgehead atoms. The smallest absolute Gasteiger partial charge is 0.339 e. The van der Waals surface area contributed by atoms with E-state index in [1.807, 2.05) is 6.92 Å². The molecule has 2 rings (SSSR count). The molecule has 2 aromatic rings. The Bertz CT molecular complexity index is 519. The maximum Gasteiger partial charge on any atom is 0.339 e. The second-order valence-corrected chi connectivity index (χ2v) is 3.63. The Labute approximate surface area is 97.6 Å². The summed E-state index contributed by atoms with van der Waals surface area (Å²) in [7, 11) is 0. The van der Waals surface area contributed by atoms with Gasteiger partial charge in [-0.2, -0.15) is 0 Å². The molecule has 0 spiro atoms. The quantitative estimate of drug-likeness (QED) is 0.876. The summed E-state index contributed by atoms with van der Waals surface area (Å²) in [4.78, 5) is 11.0. The van der Waals surface area contributed by atoms with Crippen LogP contribution in [0.1, 0.15) is 21.5 Å². The maximum atomic E-state index is 11.0. The minimum absolute atomic E-state index is 0.154. The summed E-state index contributed by atoms with van der Waals surface area (Å²) in [6.07, 6.45) is 2.98. The highest BCUT2D eigenvalue weighted by Gasteiger charge is 2.11. The fraction of sp³-hybridized carbons (Fsp3) is 0.167. The molecular weight excluding hydrogens is 222 g/mol. The van der Waals surface area contributed by atoms with Crippen molar-refractivity contribution < 1.29 is 19.2 Å². The first-order valence-corrected chi connectivity index (χ1v) is 5.02. The van der Waals surface area contributed by atoms with Gasteiger partial charge in [-0.25, -0.2) is 4.79 Å². The number of carbonyl (C=O) groups is 1. The van der Waals surface area contributed by atoms with Gasteiger partial charge >= 0.3 is 5.97 Å². The molecule has 0 saturated carbocycles. The fourth-order valence-corrected chi connectivity index (χ4v) is 1.40. The Morgan fingerprint density at radius 2 is 2.35 bits per heavy atom. The van der Waals surface area contributed by atoms with Gasteiger partial charge in [0.15, 0.2) is 0 Å². The van der Waals surface area contributed by atoms with Crippen LogP contribution in [0.15, 0.2) is 35.2 Å². The molecule has 0 fully saturated rings. The lowest BCUT2D eigenvalue weighted by Gasteiger charge is -2.08. The number of carboxylic acids is 1. The number of hydrogen-bond donors (Lipinski definition) is 1. The standard InChI is InChI=1S/C12H11NO4/c1-8-2-3-11(10(4-8)12(14)15)16-6-9-5-13-17-7-9/h2-5,7H,6H2,1H3,(H,14,15). The predicted octanol–water partition coefficient (Wildman–Crippen LogP) is 2.26. The molecule has 0 saturated heterocycles. The van der Waals surface area contributed by atoms with Crippen molar-refractivity contribution in [2.75, 3.05) is 0 Å². The van der Waals surface area contributed by atoms with Crippen molar-refractivity contribution in [1.29, 1.82) is 0 Å². The Balaban J connectivity index is 2.17. The number of aromatic nitrogens is 1. The van der Waals surface area contributed by atoms with E-state index in [0.29, 0.717) is 5.75 Å². The van der Waals surface area contributed by atoms with E-state index in [0.717, 1.165) is 11.1 Å². The van der Waals surface area contributed by atoms with Crippen molar-refractivity contribution in [3.05, 3.63) is 47.3 Å². The van der Waals surface area contributed by atoms with Gasteiger partial charge in [-0.1, -0.05) is 16.8 Å². The van der Waals surface area contributed by atoms with Gasteiger partial charge in [0.1, 0.15) is 24.2 Å². The molecule has 0 radical (unpaired) electrons. The number of carboxylic acid groups (broad SMARTS) is 1. The highest BCUT2D eigenvalue weighted by atomic mass is 16.5. The number of hydrogen-bond acceptors (Lipinski definition) is 4. The molecule has 0 amide bonds. The first kappa shape index (κ1) is 11.2. The Morgan fingerprint density at radius 1 is 1.53 bits per heavy atom. The van der Waals surface area contributed by atoms with E-state index in [1.54, 1.807) is 18.2 Å². The average molecular weight is 233 g/mol. The van der Waals surface area contributed by atoms with Crippen LogP contribution in [0, 0.1) is 6.92 Å². The van der Waals surface area contributed by atoms with Gasteiger partial charge in [-0.05, 0) is 19.1 Å². The molecule has 0 aliphatic rings. The highest BCUT2D eigenvalue weighted by molar-refractivity contribution is 5.91. The van der Waals surface area contributed by atoms with E-state index in [9.17, 15) is 4.79 Å². The lowest BCUT2D eigenvalue weighted by molar-refractivity contribution is 0.0691. The van der Waals surface area contributed by atoms with Crippen molar-refractivity contribution in [2.45, 2.75) is 13.5 Å². The SMILES string of the molecule is Cc1ccc(OCc2cnoc2)c(C(=O)O)c1. The number of aryl methyl sites for hydroxylation is 1. The molecule has 0 aliphatic heterocycles. The fourth-order valence-electron chi connectivity index (χ4n) is 1.40. The first-order valence-electron chi connectivity index (χ1n) is 5.02. The molecule has 0 aliphatic carbocycles. The van der Waals surface area contributed by atoms with Crippen LogP contribution in [-0.4, -0.2) is 16.2 Å². The van der Waals surface area contributed by atoms with Crippen molar-refractivity contribution >= 4 is 5.97 Å². The number of benzene rings is 1. The van der Waals surface area contributed by atoms with E-state index in [4.69, 9.17) is 9.84 Å². The van der Waals surface area contributed by atoms with E-state index >= 15 is 0 Å². The summed E-state index contributed by atoms with van der Waals surface area (Å²) in [5.41, 5.74) is 1.78. The summed E-state index contributed by atoms with van der Waals surface area (Å²) in [6.45, 7) is 2.06. The number of nitrogens with zero attached hydrogens (tertiary/aromatic N) is 1. The van der Waals surface area contributed by atoms with Crippen LogP contribution in [0.25, 0.3) is 0 Å². The van der Waals surface area contributed by atoms with Crippen molar-refractivity contribution in [3.8, 4) is 5.75 Å². The zero-order chi connectivity index (χ0) is 12.3. The van der Waals surface area contributed by atoms with Gasteiger partial charge in [0.2, 0.25) is 0 Å². The van der Waals surface area contributed by atoms with Crippen LogP contribution < -0.4 is 4.74 Å². The summed E-state index contributed by atoms with van der Waals surface area (Å²) >= 11 is 0. The Kier molecular flexibility index (Phi) is 3.09. The van der Waals surface area contributed by atoms with Gasteiger partial charge in [0, 0.05) is 5.56 Å². The van der Waals surface area contributed by atoms with Crippen LogP contribution in [0.3, 0.4) is 0 Å². The van der Waals surface area contributed by atoms with Crippen LogP contribution >= 0.6 is 0 Å². The molecular formula is C12H11NO4. The van der Waals surface area contributed by atoms with Crippen molar-refractivity contribution in [3.63, 3.8) is 0 Å².